The van der Waals surface area contributed by atoms with Gasteiger partial charge < -0.3 is 25.4 Å². The summed E-state index contributed by atoms with van der Waals surface area (Å²) in [7, 11) is 0. The fourth-order valence-electron chi connectivity index (χ4n) is 2.03. The molecule has 2 amide bonds. The van der Waals surface area contributed by atoms with Crippen molar-refractivity contribution in [1.29, 1.82) is 0 Å². The van der Waals surface area contributed by atoms with Gasteiger partial charge in [0.15, 0.2) is 6.10 Å². The third kappa shape index (κ3) is 2.03. The van der Waals surface area contributed by atoms with Crippen LogP contribution in [0.2, 0.25) is 0 Å². The molecule has 0 aromatic rings. The number of nitrogens with zero attached hydrogens (tertiary/aromatic N) is 1. The zero-order valence-corrected chi connectivity index (χ0v) is 9.29. The molecular formula is C9H14F2N2O5. The van der Waals surface area contributed by atoms with E-state index in [-0.39, 0.29) is 13.0 Å². The van der Waals surface area contributed by atoms with Crippen molar-refractivity contribution >= 4 is 6.03 Å². The number of urea groups is 1. The molecule has 0 radical (unpaired) electrons. The normalized spacial score (nSPS) is 39.8. The molecule has 2 rings (SSSR count). The number of aliphatic hydroxyl groups excluding tert-OH is 3. The summed E-state index contributed by atoms with van der Waals surface area (Å²) in [4.78, 5) is 12.2. The third-order valence-electron chi connectivity index (χ3n) is 3.04. The smallest absolute Gasteiger partial charge is 0.321 e. The van der Waals surface area contributed by atoms with Crippen LogP contribution in [-0.4, -0.2) is 70.0 Å². The zero-order chi connectivity index (χ0) is 13.5. The summed E-state index contributed by atoms with van der Waals surface area (Å²) in [5.41, 5.74) is 0. The number of hydrogen-bond acceptors (Lipinski definition) is 5. The van der Waals surface area contributed by atoms with Gasteiger partial charge in [-0.25, -0.2) is 4.79 Å². The molecule has 4 N–H and O–H groups in total. The summed E-state index contributed by atoms with van der Waals surface area (Å²) in [5.74, 6) is -3.67. The minimum absolute atomic E-state index is 0.0710. The molecule has 0 spiro atoms. The first-order chi connectivity index (χ1) is 8.37. The van der Waals surface area contributed by atoms with E-state index in [4.69, 9.17) is 14.9 Å². The Hall–Kier alpha value is -1.03. The topological polar surface area (TPSA) is 102 Å². The second-order valence-electron chi connectivity index (χ2n) is 4.28. The van der Waals surface area contributed by atoms with Crippen molar-refractivity contribution < 1.29 is 33.6 Å². The van der Waals surface area contributed by atoms with Gasteiger partial charge in [-0.15, -0.1) is 0 Å². The molecule has 2 saturated heterocycles. The fraction of sp³-hybridized carbons (Fsp3) is 0.889. The predicted molar refractivity (Wildman–Crippen MR) is 52.6 cm³/mol. The van der Waals surface area contributed by atoms with E-state index < -0.39 is 43.2 Å². The zero-order valence-electron chi connectivity index (χ0n) is 9.29. The van der Waals surface area contributed by atoms with Crippen LogP contribution in [0.25, 0.3) is 0 Å². The van der Waals surface area contributed by atoms with Gasteiger partial charge in [0.05, 0.1) is 6.61 Å². The molecule has 2 aliphatic heterocycles. The van der Waals surface area contributed by atoms with E-state index in [2.05, 4.69) is 5.32 Å². The number of ether oxygens (including phenoxy) is 1. The maximum Gasteiger partial charge on any atom is 0.321 e. The Kier molecular flexibility index (Phi) is 3.41. The van der Waals surface area contributed by atoms with Crippen molar-refractivity contribution in [2.75, 3.05) is 13.2 Å². The molecule has 0 bridgehead atoms. The highest BCUT2D eigenvalue weighted by Gasteiger charge is 2.61. The van der Waals surface area contributed by atoms with Crippen LogP contribution in [0.3, 0.4) is 0 Å². The minimum Gasteiger partial charge on any atom is -0.394 e. The number of alkyl halides is 2. The average Bonchev–Trinajstić information content (AvgIpc) is 2.52. The molecule has 2 fully saturated rings. The van der Waals surface area contributed by atoms with Crippen LogP contribution in [-0.2, 0) is 4.74 Å². The molecule has 2 aliphatic rings. The van der Waals surface area contributed by atoms with Crippen LogP contribution in [0.15, 0.2) is 0 Å². The Morgan fingerprint density at radius 3 is 2.67 bits per heavy atom. The Labute approximate surface area is 101 Å². The second kappa shape index (κ2) is 4.57. The van der Waals surface area contributed by atoms with Gasteiger partial charge in [-0.2, -0.15) is 8.78 Å². The van der Waals surface area contributed by atoms with E-state index in [0.29, 0.717) is 4.90 Å². The number of rotatable bonds is 2. The van der Waals surface area contributed by atoms with Gasteiger partial charge in [-0.3, -0.25) is 4.90 Å². The Bertz CT molecular complexity index is 343. The summed E-state index contributed by atoms with van der Waals surface area (Å²) in [6.07, 6.45) is -6.57. The summed E-state index contributed by atoms with van der Waals surface area (Å²) in [6.45, 7) is -0.899. The molecule has 0 aromatic carbocycles. The molecule has 9 heteroatoms. The first-order valence-corrected chi connectivity index (χ1v) is 5.45. The molecular weight excluding hydrogens is 254 g/mol. The number of carbonyl (C=O) groups excluding carboxylic acids is 1. The Morgan fingerprint density at radius 2 is 2.17 bits per heavy atom. The van der Waals surface area contributed by atoms with Gasteiger partial charge in [0.25, 0.3) is 0 Å². The fourth-order valence-corrected chi connectivity index (χ4v) is 2.03. The van der Waals surface area contributed by atoms with Crippen molar-refractivity contribution in [2.45, 2.75) is 37.0 Å². The van der Waals surface area contributed by atoms with Crippen molar-refractivity contribution in [1.82, 2.24) is 10.2 Å². The van der Waals surface area contributed by atoms with Crippen LogP contribution in [0, 0.1) is 0 Å². The summed E-state index contributed by atoms with van der Waals surface area (Å²) < 4.78 is 32.3. The monoisotopic (exact) mass is 268 g/mol. The molecule has 1 unspecified atom stereocenters. The molecule has 18 heavy (non-hydrogen) atoms. The number of amides is 2. The third-order valence-corrected chi connectivity index (χ3v) is 3.04. The van der Waals surface area contributed by atoms with E-state index in [1.54, 1.807) is 0 Å². The number of carbonyl (C=O) groups is 1. The number of halogens is 2. The molecule has 104 valence electrons. The van der Waals surface area contributed by atoms with E-state index in [0.717, 1.165) is 0 Å². The lowest BCUT2D eigenvalue weighted by atomic mass is 10.1. The SMILES string of the molecule is O=C1N[C@H](O)CCN1[C@@H]1O[C@H](CO)C(O)C1(F)F. The Morgan fingerprint density at radius 1 is 1.50 bits per heavy atom. The lowest BCUT2D eigenvalue weighted by Gasteiger charge is -2.36. The van der Waals surface area contributed by atoms with Gasteiger partial charge in [0, 0.05) is 13.0 Å². The second-order valence-corrected chi connectivity index (χ2v) is 4.28. The number of nitrogens with one attached hydrogen (secondary N) is 1. The molecule has 2 heterocycles. The van der Waals surface area contributed by atoms with Crippen LogP contribution >= 0.6 is 0 Å². The maximum absolute atomic E-state index is 13.7. The molecule has 0 saturated carbocycles. The number of aliphatic hydroxyl groups is 3. The highest BCUT2D eigenvalue weighted by molar-refractivity contribution is 5.75. The summed E-state index contributed by atoms with van der Waals surface area (Å²) >= 11 is 0. The van der Waals surface area contributed by atoms with Crippen LogP contribution in [0.5, 0.6) is 0 Å². The van der Waals surface area contributed by atoms with Gasteiger partial charge in [-0.1, -0.05) is 0 Å². The molecule has 0 aromatic heterocycles. The molecule has 4 atom stereocenters. The Balaban J connectivity index is 2.15. The van der Waals surface area contributed by atoms with Crippen molar-refractivity contribution in [2.24, 2.45) is 0 Å². The highest BCUT2D eigenvalue weighted by atomic mass is 19.3. The predicted octanol–water partition coefficient (Wildman–Crippen LogP) is -1.57. The highest BCUT2D eigenvalue weighted by Crippen LogP contribution is 2.38. The quantitative estimate of drug-likeness (QED) is 0.485. The molecule has 7 nitrogen and oxygen atoms in total. The summed E-state index contributed by atoms with van der Waals surface area (Å²) in [6, 6.07) is -0.899. The molecule has 0 aliphatic carbocycles. The van der Waals surface area contributed by atoms with Crippen LogP contribution in [0.1, 0.15) is 6.42 Å². The minimum atomic E-state index is -3.67. The summed E-state index contributed by atoms with van der Waals surface area (Å²) in [5, 5.41) is 29.3. The lowest BCUT2D eigenvalue weighted by Crippen LogP contribution is -2.59. The van der Waals surface area contributed by atoms with Gasteiger partial charge >= 0.3 is 12.0 Å². The van der Waals surface area contributed by atoms with Gasteiger partial charge in [0.1, 0.15) is 12.3 Å². The van der Waals surface area contributed by atoms with Crippen molar-refractivity contribution in [3.63, 3.8) is 0 Å². The lowest BCUT2D eigenvalue weighted by molar-refractivity contribution is -0.159. The van der Waals surface area contributed by atoms with Crippen LogP contribution < -0.4 is 5.32 Å². The first-order valence-electron chi connectivity index (χ1n) is 5.45. The van der Waals surface area contributed by atoms with E-state index in [1.165, 1.54) is 0 Å². The number of hydrogen-bond donors (Lipinski definition) is 4. The standard InChI is InChI=1S/C9H14F2N2O5/c10-9(11)6(16)4(3-14)18-7(9)13-2-1-5(15)12-8(13)17/h4-7,14-16H,1-3H2,(H,12,17)/t4-,5-,6?,7-/m1/s1. The maximum atomic E-state index is 13.7. The van der Waals surface area contributed by atoms with Crippen LogP contribution in [0.4, 0.5) is 13.6 Å². The average molecular weight is 268 g/mol. The van der Waals surface area contributed by atoms with Gasteiger partial charge in [-0.05, 0) is 0 Å². The van der Waals surface area contributed by atoms with Crippen molar-refractivity contribution in [3.05, 3.63) is 0 Å². The van der Waals surface area contributed by atoms with E-state index >= 15 is 0 Å². The van der Waals surface area contributed by atoms with Crippen molar-refractivity contribution in [3.8, 4) is 0 Å². The van der Waals surface area contributed by atoms with E-state index in [1.807, 2.05) is 0 Å². The largest absolute Gasteiger partial charge is 0.394 e. The van der Waals surface area contributed by atoms with Gasteiger partial charge in [0.2, 0.25) is 6.23 Å². The van der Waals surface area contributed by atoms with E-state index in [9.17, 15) is 18.7 Å². The first kappa shape index (κ1) is 13.4.